The number of phenols is 1. The van der Waals surface area contributed by atoms with Crippen LogP contribution in [0.15, 0.2) is 36.4 Å². The van der Waals surface area contributed by atoms with E-state index in [1.165, 1.54) is 11.6 Å². The molecule has 18 heavy (non-hydrogen) atoms. The molecule has 0 aliphatic heterocycles. The lowest BCUT2D eigenvalue weighted by atomic mass is 9.99. The van der Waals surface area contributed by atoms with Crippen molar-refractivity contribution in [1.29, 1.82) is 0 Å². The minimum Gasteiger partial charge on any atom is -0.506 e. The predicted octanol–water partition coefficient (Wildman–Crippen LogP) is 5.49. The van der Waals surface area contributed by atoms with Crippen molar-refractivity contribution in [3.05, 3.63) is 52.0 Å². The van der Waals surface area contributed by atoms with Crippen molar-refractivity contribution >= 4 is 23.2 Å². The monoisotopic (exact) mass is 280 g/mol. The second-order valence-electron chi connectivity index (χ2n) is 4.56. The Labute approximate surface area is 117 Å². The summed E-state index contributed by atoms with van der Waals surface area (Å²) in [6.45, 7) is 4.30. The third kappa shape index (κ3) is 2.63. The molecule has 2 aromatic rings. The Hall–Kier alpha value is -1.18. The Morgan fingerprint density at radius 3 is 2.11 bits per heavy atom. The summed E-state index contributed by atoms with van der Waals surface area (Å²) in [5.41, 5.74) is 3.10. The van der Waals surface area contributed by atoms with E-state index < -0.39 is 0 Å². The average Bonchev–Trinajstić information content (AvgIpc) is 2.34. The minimum absolute atomic E-state index is 0.00390. The summed E-state index contributed by atoms with van der Waals surface area (Å²) in [4.78, 5) is 0. The molecule has 1 N–H and O–H groups in total. The molecule has 0 bridgehead atoms. The highest BCUT2D eigenvalue weighted by molar-refractivity contribution is 6.36. The molecule has 3 heteroatoms. The van der Waals surface area contributed by atoms with E-state index in [0.29, 0.717) is 16.0 Å². The second kappa shape index (κ2) is 5.21. The Bertz CT molecular complexity index is 559. The summed E-state index contributed by atoms with van der Waals surface area (Å²) in [5, 5.41) is 10.3. The van der Waals surface area contributed by atoms with Crippen LogP contribution in [-0.4, -0.2) is 5.11 Å². The molecule has 0 fully saturated rings. The maximum atomic E-state index is 9.47. The second-order valence-corrected chi connectivity index (χ2v) is 5.37. The molecule has 1 nitrogen and oxygen atoms in total. The molecule has 0 amide bonds. The molecule has 0 radical (unpaired) electrons. The van der Waals surface area contributed by atoms with Gasteiger partial charge in [-0.3, -0.25) is 0 Å². The molecule has 0 unspecified atom stereocenters. The molecule has 2 aromatic carbocycles. The lowest BCUT2D eigenvalue weighted by molar-refractivity contribution is 0.475. The Morgan fingerprint density at radius 2 is 1.56 bits per heavy atom. The molecule has 0 spiro atoms. The van der Waals surface area contributed by atoms with Crippen molar-refractivity contribution in [2.45, 2.75) is 19.8 Å². The van der Waals surface area contributed by atoms with Crippen LogP contribution < -0.4 is 0 Å². The number of phenolic OH excluding ortho intramolecular Hbond substituents is 1. The number of hydrogen-bond acceptors (Lipinski definition) is 1. The predicted molar refractivity (Wildman–Crippen MR) is 77.7 cm³/mol. The highest BCUT2D eigenvalue weighted by atomic mass is 35.5. The first-order valence-corrected chi connectivity index (χ1v) is 6.53. The molecule has 0 aliphatic carbocycles. The van der Waals surface area contributed by atoms with Crippen molar-refractivity contribution in [3.63, 3.8) is 0 Å². The summed E-state index contributed by atoms with van der Waals surface area (Å²) >= 11 is 12.0. The van der Waals surface area contributed by atoms with Gasteiger partial charge in [-0.1, -0.05) is 61.3 Å². The number of aromatic hydroxyl groups is 1. The van der Waals surface area contributed by atoms with Crippen molar-refractivity contribution < 1.29 is 5.11 Å². The molecule has 2 rings (SSSR count). The largest absolute Gasteiger partial charge is 0.506 e. The van der Waals surface area contributed by atoms with Gasteiger partial charge in [0, 0.05) is 11.6 Å². The van der Waals surface area contributed by atoms with Gasteiger partial charge in [-0.2, -0.15) is 0 Å². The lowest BCUT2D eigenvalue weighted by Gasteiger charge is -2.09. The van der Waals surface area contributed by atoms with Gasteiger partial charge in [0.05, 0.1) is 10.0 Å². The third-order valence-electron chi connectivity index (χ3n) is 2.92. The van der Waals surface area contributed by atoms with Gasteiger partial charge in [-0.25, -0.2) is 0 Å². The Kier molecular flexibility index (Phi) is 3.84. The van der Waals surface area contributed by atoms with E-state index >= 15 is 0 Å². The van der Waals surface area contributed by atoms with Crippen LogP contribution in [0.4, 0.5) is 0 Å². The van der Waals surface area contributed by atoms with Crippen LogP contribution in [0.3, 0.4) is 0 Å². The van der Waals surface area contributed by atoms with E-state index in [0.717, 1.165) is 11.1 Å². The van der Waals surface area contributed by atoms with Gasteiger partial charge in [0.15, 0.2) is 0 Å². The SMILES string of the molecule is CC(C)c1ccc(-c2cc(Cl)c(O)cc2Cl)cc1. The summed E-state index contributed by atoms with van der Waals surface area (Å²) in [6.07, 6.45) is 0. The van der Waals surface area contributed by atoms with E-state index in [9.17, 15) is 5.11 Å². The van der Waals surface area contributed by atoms with Gasteiger partial charge in [0.2, 0.25) is 0 Å². The molecule has 0 atom stereocenters. The smallest absolute Gasteiger partial charge is 0.135 e. The quantitative estimate of drug-likeness (QED) is 0.771. The molecule has 0 saturated heterocycles. The summed E-state index contributed by atoms with van der Waals surface area (Å²) < 4.78 is 0. The van der Waals surface area contributed by atoms with Gasteiger partial charge in [0.1, 0.15) is 5.75 Å². The van der Waals surface area contributed by atoms with E-state index in [-0.39, 0.29) is 5.75 Å². The zero-order valence-corrected chi connectivity index (χ0v) is 11.8. The first-order valence-electron chi connectivity index (χ1n) is 5.77. The van der Waals surface area contributed by atoms with Crippen molar-refractivity contribution in [2.75, 3.05) is 0 Å². The fourth-order valence-corrected chi connectivity index (χ4v) is 2.24. The van der Waals surface area contributed by atoms with Crippen molar-refractivity contribution in [2.24, 2.45) is 0 Å². The highest BCUT2D eigenvalue weighted by Crippen LogP contribution is 2.36. The average molecular weight is 281 g/mol. The number of halogens is 2. The first-order chi connectivity index (χ1) is 8.49. The summed E-state index contributed by atoms with van der Waals surface area (Å²) in [7, 11) is 0. The molecule has 94 valence electrons. The van der Waals surface area contributed by atoms with Crippen molar-refractivity contribution in [3.8, 4) is 16.9 Å². The Balaban J connectivity index is 2.46. The number of benzene rings is 2. The van der Waals surface area contributed by atoms with Crippen LogP contribution in [0.5, 0.6) is 5.75 Å². The Morgan fingerprint density at radius 1 is 0.944 bits per heavy atom. The minimum atomic E-state index is 0.00390. The standard InChI is InChI=1S/C15H14Cl2O/c1-9(2)10-3-5-11(6-4-10)12-7-14(17)15(18)8-13(12)16/h3-9,18H,1-2H3. The fourth-order valence-electron chi connectivity index (χ4n) is 1.81. The van der Waals surface area contributed by atoms with Gasteiger partial charge in [0.25, 0.3) is 0 Å². The normalized spacial score (nSPS) is 10.9. The van der Waals surface area contributed by atoms with Crippen molar-refractivity contribution in [1.82, 2.24) is 0 Å². The van der Waals surface area contributed by atoms with Crippen LogP contribution in [0.25, 0.3) is 11.1 Å². The third-order valence-corrected chi connectivity index (χ3v) is 3.54. The van der Waals surface area contributed by atoms with Crippen LogP contribution in [-0.2, 0) is 0 Å². The lowest BCUT2D eigenvalue weighted by Crippen LogP contribution is -1.87. The molecule has 0 saturated carbocycles. The van der Waals surface area contributed by atoms with E-state index in [2.05, 4.69) is 26.0 Å². The van der Waals surface area contributed by atoms with Gasteiger partial charge in [-0.05, 0) is 23.1 Å². The van der Waals surface area contributed by atoms with Crippen LogP contribution in [0.1, 0.15) is 25.3 Å². The van der Waals surface area contributed by atoms with Gasteiger partial charge >= 0.3 is 0 Å². The van der Waals surface area contributed by atoms with Crippen LogP contribution in [0.2, 0.25) is 10.0 Å². The molecule has 0 aromatic heterocycles. The maximum absolute atomic E-state index is 9.47. The zero-order valence-electron chi connectivity index (χ0n) is 10.2. The summed E-state index contributed by atoms with van der Waals surface area (Å²) in [6, 6.07) is 11.3. The van der Waals surface area contributed by atoms with E-state index in [1.807, 2.05) is 12.1 Å². The molecular weight excluding hydrogens is 267 g/mol. The molecule has 0 heterocycles. The van der Waals surface area contributed by atoms with E-state index in [4.69, 9.17) is 23.2 Å². The number of rotatable bonds is 2. The van der Waals surface area contributed by atoms with E-state index in [1.54, 1.807) is 6.07 Å². The zero-order chi connectivity index (χ0) is 13.3. The van der Waals surface area contributed by atoms with Gasteiger partial charge < -0.3 is 5.11 Å². The van der Waals surface area contributed by atoms with Crippen LogP contribution in [0, 0.1) is 0 Å². The highest BCUT2D eigenvalue weighted by Gasteiger charge is 2.09. The fraction of sp³-hybridized carbons (Fsp3) is 0.200. The topological polar surface area (TPSA) is 20.2 Å². The molecule has 0 aliphatic rings. The summed E-state index contributed by atoms with van der Waals surface area (Å²) in [5.74, 6) is 0.502. The van der Waals surface area contributed by atoms with Gasteiger partial charge in [-0.15, -0.1) is 0 Å². The first kappa shape index (κ1) is 13.3. The maximum Gasteiger partial charge on any atom is 0.135 e. The number of hydrogen-bond donors (Lipinski definition) is 1. The van der Waals surface area contributed by atoms with Crippen LogP contribution >= 0.6 is 23.2 Å². The molecular formula is C15H14Cl2O.